The third-order valence-electron chi connectivity index (χ3n) is 4.35. The van der Waals surface area contributed by atoms with Crippen molar-refractivity contribution in [2.24, 2.45) is 0 Å². The Balaban J connectivity index is 2.15. The fourth-order valence-electron chi connectivity index (χ4n) is 3.17. The summed E-state index contributed by atoms with van der Waals surface area (Å²) < 4.78 is 2.12. The molecule has 24 heavy (non-hydrogen) atoms. The van der Waals surface area contributed by atoms with E-state index in [2.05, 4.69) is 16.7 Å². The monoisotopic (exact) mass is 311 g/mol. The van der Waals surface area contributed by atoms with Crippen LogP contribution in [0.15, 0.2) is 89.9 Å². The van der Waals surface area contributed by atoms with Crippen molar-refractivity contribution in [2.45, 2.75) is 6.92 Å². The summed E-state index contributed by atoms with van der Waals surface area (Å²) >= 11 is 0. The third kappa shape index (κ3) is 2.33. The van der Waals surface area contributed by atoms with E-state index in [-0.39, 0.29) is 5.43 Å². The summed E-state index contributed by atoms with van der Waals surface area (Å²) in [6.45, 7) is 2.05. The van der Waals surface area contributed by atoms with E-state index in [0.29, 0.717) is 0 Å². The summed E-state index contributed by atoms with van der Waals surface area (Å²) in [7, 11) is 0. The van der Waals surface area contributed by atoms with E-state index in [1.807, 2.05) is 79.9 Å². The first-order chi connectivity index (χ1) is 11.8. The molecule has 3 aromatic carbocycles. The molecule has 4 aromatic rings. The van der Waals surface area contributed by atoms with Crippen molar-refractivity contribution in [3.63, 3.8) is 0 Å². The molecule has 0 atom stereocenters. The van der Waals surface area contributed by atoms with E-state index in [1.165, 1.54) is 0 Å². The predicted octanol–water partition coefficient (Wildman–Crippen LogP) is 4.97. The number of aromatic nitrogens is 1. The first kappa shape index (κ1) is 14.5. The number of hydrogen-bond acceptors (Lipinski definition) is 1. The van der Waals surface area contributed by atoms with Crippen molar-refractivity contribution in [3.8, 4) is 16.8 Å². The van der Waals surface area contributed by atoms with Gasteiger partial charge in [-0.25, -0.2) is 0 Å². The molecule has 0 aliphatic carbocycles. The van der Waals surface area contributed by atoms with Crippen molar-refractivity contribution < 1.29 is 0 Å². The van der Waals surface area contributed by atoms with Gasteiger partial charge in [0.1, 0.15) is 0 Å². The number of benzene rings is 3. The van der Waals surface area contributed by atoms with E-state index in [0.717, 1.165) is 33.3 Å². The van der Waals surface area contributed by atoms with Crippen LogP contribution >= 0.6 is 0 Å². The second-order valence-corrected chi connectivity index (χ2v) is 5.91. The molecule has 116 valence electrons. The molecule has 1 heterocycles. The number of aryl methyl sites for hydroxylation is 1. The highest BCUT2D eigenvalue weighted by Crippen LogP contribution is 2.24. The van der Waals surface area contributed by atoms with E-state index in [1.54, 1.807) is 0 Å². The second kappa shape index (κ2) is 5.82. The Bertz CT molecular complexity index is 1060. The quantitative estimate of drug-likeness (QED) is 0.512. The highest BCUT2D eigenvalue weighted by molar-refractivity contribution is 5.87. The maximum Gasteiger partial charge on any atom is 0.197 e. The Hall–Kier alpha value is -3.13. The molecule has 0 unspecified atom stereocenters. The first-order valence-electron chi connectivity index (χ1n) is 8.01. The van der Waals surface area contributed by atoms with E-state index < -0.39 is 0 Å². The summed E-state index contributed by atoms with van der Waals surface area (Å²) in [6.07, 6.45) is 1.96. The summed E-state index contributed by atoms with van der Waals surface area (Å²) in [5, 5.41) is 0.750. The second-order valence-electron chi connectivity index (χ2n) is 5.91. The lowest BCUT2D eigenvalue weighted by atomic mass is 10.0. The van der Waals surface area contributed by atoms with Crippen LogP contribution in [0.5, 0.6) is 0 Å². The largest absolute Gasteiger partial charge is 0.315 e. The Morgan fingerprint density at radius 2 is 1.42 bits per heavy atom. The van der Waals surface area contributed by atoms with Crippen LogP contribution in [0, 0.1) is 6.92 Å². The molecule has 0 fully saturated rings. The highest BCUT2D eigenvalue weighted by atomic mass is 16.1. The molecule has 0 aliphatic rings. The average Bonchev–Trinajstić information content (AvgIpc) is 2.64. The number of rotatable bonds is 2. The Kier molecular flexibility index (Phi) is 3.51. The molecule has 0 saturated heterocycles. The minimum atomic E-state index is 0.0760. The maximum absolute atomic E-state index is 13.1. The van der Waals surface area contributed by atoms with Crippen molar-refractivity contribution in [1.29, 1.82) is 0 Å². The van der Waals surface area contributed by atoms with Gasteiger partial charge in [-0.3, -0.25) is 4.79 Å². The van der Waals surface area contributed by atoms with Gasteiger partial charge in [-0.05, 0) is 36.2 Å². The Morgan fingerprint density at radius 1 is 0.750 bits per heavy atom. The van der Waals surface area contributed by atoms with E-state index in [4.69, 9.17) is 0 Å². The van der Waals surface area contributed by atoms with Crippen LogP contribution in [-0.4, -0.2) is 4.57 Å². The van der Waals surface area contributed by atoms with Gasteiger partial charge in [-0.15, -0.1) is 0 Å². The van der Waals surface area contributed by atoms with Gasteiger partial charge in [0.2, 0.25) is 0 Å². The van der Waals surface area contributed by atoms with Crippen molar-refractivity contribution in [3.05, 3.63) is 101 Å². The van der Waals surface area contributed by atoms with Crippen LogP contribution in [0.25, 0.3) is 27.7 Å². The Labute approximate surface area is 140 Å². The lowest BCUT2D eigenvalue weighted by Crippen LogP contribution is -2.12. The zero-order valence-corrected chi connectivity index (χ0v) is 13.4. The molecule has 0 radical (unpaired) electrons. The van der Waals surface area contributed by atoms with Crippen LogP contribution in [-0.2, 0) is 0 Å². The molecule has 0 N–H and O–H groups in total. The highest BCUT2D eigenvalue weighted by Gasteiger charge is 2.13. The number of fused-ring (bicyclic) bond motifs is 1. The number of hydrogen-bond donors (Lipinski definition) is 0. The van der Waals surface area contributed by atoms with Gasteiger partial charge in [0.05, 0.1) is 5.52 Å². The van der Waals surface area contributed by atoms with Crippen molar-refractivity contribution >= 4 is 10.9 Å². The molecule has 0 bridgehead atoms. The molecule has 4 rings (SSSR count). The number of pyridine rings is 1. The van der Waals surface area contributed by atoms with Crippen LogP contribution in [0.3, 0.4) is 0 Å². The summed E-state index contributed by atoms with van der Waals surface area (Å²) in [6, 6.07) is 25.9. The zero-order chi connectivity index (χ0) is 16.5. The molecule has 1 aromatic heterocycles. The molecule has 2 heteroatoms. The number of nitrogens with zero attached hydrogens (tertiary/aromatic N) is 1. The topological polar surface area (TPSA) is 22.0 Å². The minimum absolute atomic E-state index is 0.0760. The molecule has 2 nitrogen and oxygen atoms in total. The third-order valence-corrected chi connectivity index (χ3v) is 4.35. The normalized spacial score (nSPS) is 10.9. The van der Waals surface area contributed by atoms with Gasteiger partial charge in [0.15, 0.2) is 5.43 Å². The van der Waals surface area contributed by atoms with Gasteiger partial charge >= 0.3 is 0 Å². The zero-order valence-electron chi connectivity index (χ0n) is 13.4. The lowest BCUT2D eigenvalue weighted by molar-refractivity contribution is 1.09. The van der Waals surface area contributed by atoms with Crippen LogP contribution < -0.4 is 5.43 Å². The molecule has 0 saturated carbocycles. The van der Waals surface area contributed by atoms with Crippen LogP contribution in [0.2, 0.25) is 0 Å². The van der Waals surface area contributed by atoms with Gasteiger partial charge in [-0.2, -0.15) is 0 Å². The minimum Gasteiger partial charge on any atom is -0.315 e. The molecule has 0 amide bonds. The summed E-state index contributed by atoms with van der Waals surface area (Å²) in [5.74, 6) is 0. The SMILES string of the molecule is Cc1cccc2c(=O)c(-c3ccccc3)cn(-c3ccccc3)c12. The first-order valence-corrected chi connectivity index (χ1v) is 8.01. The van der Waals surface area contributed by atoms with Gasteiger partial charge in [-0.1, -0.05) is 60.7 Å². The van der Waals surface area contributed by atoms with Gasteiger partial charge in [0, 0.05) is 22.8 Å². The van der Waals surface area contributed by atoms with E-state index in [9.17, 15) is 4.79 Å². The smallest absolute Gasteiger partial charge is 0.197 e. The maximum atomic E-state index is 13.1. The standard InChI is InChI=1S/C22H17NO/c1-16-9-8-14-19-21(16)23(18-12-6-3-7-13-18)15-20(22(19)24)17-10-4-2-5-11-17/h2-15H,1H3. The van der Waals surface area contributed by atoms with Crippen LogP contribution in [0.4, 0.5) is 0 Å². The molecular formula is C22H17NO. The predicted molar refractivity (Wildman–Crippen MR) is 99.7 cm³/mol. The summed E-state index contributed by atoms with van der Waals surface area (Å²) in [4.78, 5) is 13.1. The average molecular weight is 311 g/mol. The molecule has 0 spiro atoms. The lowest BCUT2D eigenvalue weighted by Gasteiger charge is -2.15. The number of para-hydroxylation sites is 2. The fourth-order valence-corrected chi connectivity index (χ4v) is 3.17. The van der Waals surface area contributed by atoms with Gasteiger partial charge < -0.3 is 4.57 Å². The molecular weight excluding hydrogens is 294 g/mol. The fraction of sp³-hybridized carbons (Fsp3) is 0.0455. The van der Waals surface area contributed by atoms with Crippen LogP contribution in [0.1, 0.15) is 5.56 Å². The van der Waals surface area contributed by atoms with Crippen molar-refractivity contribution in [1.82, 2.24) is 4.57 Å². The molecule has 0 aliphatic heterocycles. The Morgan fingerprint density at radius 3 is 2.12 bits per heavy atom. The van der Waals surface area contributed by atoms with Crippen molar-refractivity contribution in [2.75, 3.05) is 0 Å². The van der Waals surface area contributed by atoms with Gasteiger partial charge in [0.25, 0.3) is 0 Å². The summed E-state index contributed by atoms with van der Waals surface area (Å²) in [5.41, 5.74) is 4.84. The van der Waals surface area contributed by atoms with E-state index >= 15 is 0 Å².